The van der Waals surface area contributed by atoms with Gasteiger partial charge >= 0.3 is 0 Å². The smallest absolute Gasteiger partial charge is 0.259 e. The van der Waals surface area contributed by atoms with Crippen LogP contribution in [0.2, 0.25) is 0 Å². The number of nitrogens with one attached hydrogen (secondary N) is 1. The van der Waals surface area contributed by atoms with E-state index in [2.05, 4.69) is 21.5 Å². The molecule has 1 fully saturated rings. The largest absolute Gasteiger partial charge is 0.463 e. The number of aryl methyl sites for hydroxylation is 1. The molecule has 0 saturated heterocycles. The molecule has 1 N–H and O–H groups in total. The Morgan fingerprint density at radius 2 is 2.29 bits per heavy atom. The fourth-order valence-corrected chi connectivity index (χ4v) is 2.90. The van der Waals surface area contributed by atoms with E-state index in [4.69, 9.17) is 8.94 Å². The zero-order chi connectivity index (χ0) is 16.7. The van der Waals surface area contributed by atoms with Crippen LogP contribution >= 0.6 is 0 Å². The third kappa shape index (κ3) is 2.15. The molecule has 0 atom stereocenters. The van der Waals surface area contributed by atoms with Gasteiger partial charge < -0.3 is 14.3 Å². The Bertz CT molecular complexity index is 962. The Morgan fingerprint density at radius 1 is 1.46 bits per heavy atom. The highest BCUT2D eigenvalue weighted by Gasteiger charge is 2.39. The molecular formula is C17H14N4O3. The van der Waals surface area contributed by atoms with Crippen LogP contribution in [0, 0.1) is 18.3 Å². The number of fused-ring (bicyclic) bond motifs is 1. The molecule has 7 nitrogen and oxygen atoms in total. The van der Waals surface area contributed by atoms with Gasteiger partial charge in [0, 0.05) is 0 Å². The minimum atomic E-state index is -0.775. The number of hydrogen-bond donors (Lipinski definition) is 1. The number of furan rings is 1. The SMILES string of the molecule is Cc1noc2nc(-c3ccco3)cc(C(=O)NC3(C#N)CCC3)c12. The maximum Gasteiger partial charge on any atom is 0.259 e. The zero-order valence-electron chi connectivity index (χ0n) is 13.0. The molecule has 1 aliphatic rings. The van der Waals surface area contributed by atoms with Gasteiger partial charge in [-0.1, -0.05) is 5.16 Å². The maximum absolute atomic E-state index is 12.8. The Hall–Kier alpha value is -3.14. The first-order valence-corrected chi connectivity index (χ1v) is 7.66. The van der Waals surface area contributed by atoms with Gasteiger partial charge in [0.1, 0.15) is 11.2 Å². The van der Waals surface area contributed by atoms with Crippen LogP contribution in [0.1, 0.15) is 35.3 Å². The third-order valence-corrected chi connectivity index (χ3v) is 4.41. The third-order valence-electron chi connectivity index (χ3n) is 4.41. The Labute approximate surface area is 137 Å². The number of aromatic nitrogens is 2. The lowest BCUT2D eigenvalue weighted by Crippen LogP contribution is -2.52. The predicted octanol–water partition coefficient (Wildman–Crippen LogP) is 2.97. The second-order valence-corrected chi connectivity index (χ2v) is 5.98. The highest BCUT2D eigenvalue weighted by atomic mass is 16.5. The number of rotatable bonds is 3. The van der Waals surface area contributed by atoms with Gasteiger partial charge in [0.15, 0.2) is 5.76 Å². The lowest BCUT2D eigenvalue weighted by molar-refractivity contribution is 0.0883. The van der Waals surface area contributed by atoms with Crippen LogP contribution in [0.15, 0.2) is 33.4 Å². The van der Waals surface area contributed by atoms with E-state index < -0.39 is 5.54 Å². The van der Waals surface area contributed by atoms with Gasteiger partial charge in [-0.25, -0.2) is 4.98 Å². The second kappa shape index (κ2) is 5.20. The van der Waals surface area contributed by atoms with Crippen molar-refractivity contribution in [2.24, 2.45) is 0 Å². The molecule has 24 heavy (non-hydrogen) atoms. The number of nitrogens with zero attached hydrogens (tertiary/aromatic N) is 3. The molecule has 3 heterocycles. The first-order chi connectivity index (χ1) is 11.6. The second-order valence-electron chi connectivity index (χ2n) is 5.98. The van der Waals surface area contributed by atoms with Crippen molar-refractivity contribution in [1.29, 1.82) is 5.26 Å². The van der Waals surface area contributed by atoms with Gasteiger partial charge in [-0.15, -0.1) is 0 Å². The van der Waals surface area contributed by atoms with Gasteiger partial charge in [0.25, 0.3) is 11.6 Å². The molecule has 1 saturated carbocycles. The van der Waals surface area contributed by atoms with Crippen molar-refractivity contribution in [3.63, 3.8) is 0 Å². The van der Waals surface area contributed by atoms with Crippen LogP contribution in [0.5, 0.6) is 0 Å². The van der Waals surface area contributed by atoms with Gasteiger partial charge in [-0.05, 0) is 44.4 Å². The van der Waals surface area contributed by atoms with Crippen molar-refractivity contribution < 1.29 is 13.7 Å². The monoisotopic (exact) mass is 322 g/mol. The highest BCUT2D eigenvalue weighted by Crippen LogP contribution is 2.33. The van der Waals surface area contributed by atoms with E-state index in [9.17, 15) is 10.1 Å². The molecule has 0 aromatic carbocycles. The van der Waals surface area contributed by atoms with E-state index in [0.717, 1.165) is 6.42 Å². The van der Waals surface area contributed by atoms with Crippen molar-refractivity contribution >= 4 is 17.0 Å². The van der Waals surface area contributed by atoms with Crippen molar-refractivity contribution in [2.75, 3.05) is 0 Å². The van der Waals surface area contributed by atoms with E-state index >= 15 is 0 Å². The summed E-state index contributed by atoms with van der Waals surface area (Å²) in [6, 6.07) is 7.35. The molecule has 0 unspecified atom stereocenters. The first kappa shape index (κ1) is 14.5. The standard InChI is InChI=1S/C17H14N4O3/c1-10-14-11(15(22)20-17(9-18)5-3-6-17)8-12(13-4-2-7-23-13)19-16(14)24-21-10/h2,4,7-8H,3,5-6H2,1H3,(H,20,22). The molecule has 1 aliphatic carbocycles. The summed E-state index contributed by atoms with van der Waals surface area (Å²) < 4.78 is 10.6. The molecule has 0 bridgehead atoms. The normalized spacial score (nSPS) is 15.7. The quantitative estimate of drug-likeness (QED) is 0.794. The molecule has 1 amide bonds. The molecule has 120 valence electrons. The molecule has 0 spiro atoms. The number of carbonyl (C=O) groups is 1. The topological polar surface area (TPSA) is 105 Å². The van der Waals surface area contributed by atoms with Gasteiger partial charge in [0.2, 0.25) is 0 Å². The fourth-order valence-electron chi connectivity index (χ4n) is 2.90. The molecular weight excluding hydrogens is 308 g/mol. The number of hydrogen-bond acceptors (Lipinski definition) is 6. The van der Waals surface area contributed by atoms with E-state index in [1.54, 1.807) is 25.1 Å². The van der Waals surface area contributed by atoms with Crippen molar-refractivity contribution in [2.45, 2.75) is 31.7 Å². The van der Waals surface area contributed by atoms with Crippen LogP contribution < -0.4 is 5.32 Å². The summed E-state index contributed by atoms with van der Waals surface area (Å²) in [6.45, 7) is 1.75. The fraction of sp³-hybridized carbons (Fsp3) is 0.294. The molecule has 7 heteroatoms. The van der Waals surface area contributed by atoms with E-state index in [0.29, 0.717) is 40.9 Å². The van der Waals surface area contributed by atoms with Crippen LogP contribution in [-0.2, 0) is 0 Å². The van der Waals surface area contributed by atoms with Gasteiger partial charge in [-0.2, -0.15) is 5.26 Å². The summed E-state index contributed by atoms with van der Waals surface area (Å²) in [5.41, 5.74) is 0.933. The van der Waals surface area contributed by atoms with E-state index in [1.165, 1.54) is 6.26 Å². The van der Waals surface area contributed by atoms with Gasteiger partial charge in [0.05, 0.1) is 29.0 Å². The average molecular weight is 322 g/mol. The summed E-state index contributed by atoms with van der Waals surface area (Å²) in [5, 5.41) is 16.6. The summed E-state index contributed by atoms with van der Waals surface area (Å²) in [4.78, 5) is 17.2. The number of carbonyl (C=O) groups excluding carboxylic acids is 1. The minimum absolute atomic E-state index is 0.270. The molecule has 4 rings (SSSR count). The Morgan fingerprint density at radius 3 is 2.92 bits per heavy atom. The van der Waals surface area contributed by atoms with Gasteiger partial charge in [-0.3, -0.25) is 4.79 Å². The Kier molecular flexibility index (Phi) is 3.13. The summed E-state index contributed by atoms with van der Waals surface area (Å²) in [7, 11) is 0. The first-order valence-electron chi connectivity index (χ1n) is 7.66. The molecule has 3 aromatic heterocycles. The van der Waals surface area contributed by atoms with Crippen LogP contribution in [-0.4, -0.2) is 21.6 Å². The predicted molar refractivity (Wildman–Crippen MR) is 83.9 cm³/mol. The van der Waals surface area contributed by atoms with Crippen molar-refractivity contribution in [1.82, 2.24) is 15.5 Å². The summed E-state index contributed by atoms with van der Waals surface area (Å²) in [5.74, 6) is 0.196. The number of pyridine rings is 1. The highest BCUT2D eigenvalue weighted by molar-refractivity contribution is 6.07. The maximum atomic E-state index is 12.8. The van der Waals surface area contributed by atoms with Crippen LogP contribution in [0.25, 0.3) is 22.6 Å². The number of amides is 1. The van der Waals surface area contributed by atoms with E-state index in [-0.39, 0.29) is 11.6 Å². The summed E-state index contributed by atoms with van der Waals surface area (Å²) >= 11 is 0. The minimum Gasteiger partial charge on any atom is -0.463 e. The number of nitriles is 1. The zero-order valence-corrected chi connectivity index (χ0v) is 13.0. The molecule has 0 radical (unpaired) electrons. The lowest BCUT2D eigenvalue weighted by atomic mass is 9.78. The van der Waals surface area contributed by atoms with Crippen molar-refractivity contribution in [3.05, 3.63) is 35.7 Å². The average Bonchev–Trinajstić information content (AvgIpc) is 3.20. The Balaban J connectivity index is 1.82. The molecule has 0 aliphatic heterocycles. The van der Waals surface area contributed by atoms with Crippen LogP contribution in [0.3, 0.4) is 0 Å². The van der Waals surface area contributed by atoms with Crippen molar-refractivity contribution in [3.8, 4) is 17.5 Å². The summed E-state index contributed by atoms with van der Waals surface area (Å²) in [6.07, 6.45) is 3.80. The van der Waals surface area contributed by atoms with Crippen LogP contribution in [0.4, 0.5) is 0 Å². The lowest BCUT2D eigenvalue weighted by Gasteiger charge is -2.35. The molecule has 3 aromatic rings. The van der Waals surface area contributed by atoms with E-state index in [1.807, 2.05) is 0 Å².